The fraction of sp³-hybridized carbons (Fsp3) is 0.143. The molecular weight excluding hydrogens is 308 g/mol. The molecule has 0 aliphatic carbocycles. The number of anilines is 1. The predicted octanol–water partition coefficient (Wildman–Crippen LogP) is 3.03. The lowest BCUT2D eigenvalue weighted by molar-refractivity contribution is -0.115. The number of rotatable bonds is 4. The second-order valence-electron chi connectivity index (χ2n) is 3.94. The van der Waals surface area contributed by atoms with E-state index in [2.05, 4.69) is 26.2 Å². The number of carbonyl (C=O) groups is 1. The molecule has 4 nitrogen and oxygen atoms in total. The molecule has 0 aliphatic heterocycles. The van der Waals surface area contributed by atoms with Gasteiger partial charge in [0, 0.05) is 10.5 Å². The van der Waals surface area contributed by atoms with Crippen LogP contribution in [0.3, 0.4) is 0 Å². The van der Waals surface area contributed by atoms with E-state index >= 15 is 0 Å². The molecule has 5 heteroatoms. The monoisotopic (exact) mass is 320 g/mol. The van der Waals surface area contributed by atoms with Gasteiger partial charge >= 0.3 is 0 Å². The summed E-state index contributed by atoms with van der Waals surface area (Å²) in [5.41, 5.74) is 1.62. The maximum absolute atomic E-state index is 11.8. The van der Waals surface area contributed by atoms with E-state index in [1.54, 1.807) is 25.4 Å². The Morgan fingerprint density at radius 1 is 1.26 bits per heavy atom. The Hall–Kier alpha value is -1.88. The summed E-state index contributed by atoms with van der Waals surface area (Å²) in [7, 11) is 1.55. The van der Waals surface area contributed by atoms with Crippen molar-refractivity contribution in [1.29, 1.82) is 0 Å². The maximum Gasteiger partial charge on any atom is 0.228 e. The average Bonchev–Trinajstić information content (AvgIpc) is 2.42. The number of pyridine rings is 1. The highest BCUT2D eigenvalue weighted by Gasteiger charge is 2.04. The number of amides is 1. The second kappa shape index (κ2) is 6.33. The molecule has 0 saturated carbocycles. The Bertz CT molecular complexity index is 553. The van der Waals surface area contributed by atoms with Crippen molar-refractivity contribution in [1.82, 2.24) is 4.98 Å². The zero-order valence-electron chi connectivity index (χ0n) is 10.4. The van der Waals surface area contributed by atoms with Crippen LogP contribution in [0.15, 0.2) is 47.1 Å². The summed E-state index contributed by atoms with van der Waals surface area (Å²) >= 11 is 3.36. The van der Waals surface area contributed by atoms with Gasteiger partial charge in [-0.3, -0.25) is 4.79 Å². The van der Waals surface area contributed by atoms with Crippen LogP contribution in [-0.2, 0) is 11.2 Å². The van der Waals surface area contributed by atoms with Crippen molar-refractivity contribution in [2.24, 2.45) is 0 Å². The number of hydrogen-bond acceptors (Lipinski definition) is 3. The third kappa shape index (κ3) is 4.06. The first-order chi connectivity index (χ1) is 9.17. The van der Waals surface area contributed by atoms with Gasteiger partial charge in [0.15, 0.2) is 0 Å². The first kappa shape index (κ1) is 13.5. The number of methoxy groups -OCH3 is 1. The normalized spacial score (nSPS) is 10.0. The summed E-state index contributed by atoms with van der Waals surface area (Å²) in [6, 6.07) is 11.1. The lowest BCUT2D eigenvalue weighted by Crippen LogP contribution is -2.14. The van der Waals surface area contributed by atoms with Gasteiger partial charge in [0.1, 0.15) is 0 Å². The third-order valence-electron chi connectivity index (χ3n) is 2.51. The van der Waals surface area contributed by atoms with Gasteiger partial charge in [0.2, 0.25) is 11.8 Å². The minimum atomic E-state index is -0.0747. The number of ether oxygens (including phenoxy) is 1. The summed E-state index contributed by atoms with van der Waals surface area (Å²) in [4.78, 5) is 15.9. The quantitative estimate of drug-likeness (QED) is 0.942. The van der Waals surface area contributed by atoms with E-state index in [9.17, 15) is 4.79 Å². The number of nitrogens with one attached hydrogen (secondary N) is 1. The summed E-state index contributed by atoms with van der Waals surface area (Å²) in [5.74, 6) is 0.445. The Labute approximate surface area is 119 Å². The van der Waals surface area contributed by atoms with E-state index in [0.29, 0.717) is 18.0 Å². The number of carbonyl (C=O) groups excluding carboxylic acids is 1. The molecule has 1 N–H and O–H groups in total. The molecule has 19 heavy (non-hydrogen) atoms. The standard InChI is InChI=1S/C14H13BrN2O2/c1-19-14-7-6-12(9-16-14)17-13(18)8-10-2-4-11(15)5-3-10/h2-7,9H,8H2,1H3,(H,17,18). The van der Waals surface area contributed by atoms with Crippen LogP contribution in [0.25, 0.3) is 0 Å². The van der Waals surface area contributed by atoms with Crippen molar-refractivity contribution >= 4 is 27.5 Å². The SMILES string of the molecule is COc1ccc(NC(=O)Cc2ccc(Br)cc2)cn1. The van der Waals surface area contributed by atoms with Gasteiger partial charge in [-0.05, 0) is 23.8 Å². The van der Waals surface area contributed by atoms with Gasteiger partial charge < -0.3 is 10.1 Å². The van der Waals surface area contributed by atoms with Crippen molar-refractivity contribution in [3.05, 3.63) is 52.6 Å². The van der Waals surface area contributed by atoms with E-state index in [1.165, 1.54) is 0 Å². The van der Waals surface area contributed by atoms with Crippen molar-refractivity contribution in [3.63, 3.8) is 0 Å². The van der Waals surface area contributed by atoms with Crippen LogP contribution >= 0.6 is 15.9 Å². The molecule has 0 saturated heterocycles. The molecule has 0 radical (unpaired) electrons. The van der Waals surface area contributed by atoms with Crippen molar-refractivity contribution in [3.8, 4) is 5.88 Å². The molecule has 98 valence electrons. The second-order valence-corrected chi connectivity index (χ2v) is 4.86. The summed E-state index contributed by atoms with van der Waals surface area (Å²) in [5, 5.41) is 2.79. The summed E-state index contributed by atoms with van der Waals surface area (Å²) in [6.07, 6.45) is 1.90. The fourth-order valence-corrected chi connectivity index (χ4v) is 1.83. The zero-order chi connectivity index (χ0) is 13.7. The van der Waals surface area contributed by atoms with E-state index in [0.717, 1.165) is 10.0 Å². The number of nitrogens with zero attached hydrogens (tertiary/aromatic N) is 1. The highest BCUT2D eigenvalue weighted by atomic mass is 79.9. The molecule has 2 rings (SSSR count). The molecule has 1 aromatic carbocycles. The Kier molecular flexibility index (Phi) is 4.52. The molecule has 1 aromatic heterocycles. The summed E-state index contributed by atoms with van der Waals surface area (Å²) in [6.45, 7) is 0. The van der Waals surface area contributed by atoms with E-state index < -0.39 is 0 Å². The molecular formula is C14H13BrN2O2. The van der Waals surface area contributed by atoms with Crippen LogP contribution in [0.4, 0.5) is 5.69 Å². The first-order valence-electron chi connectivity index (χ1n) is 5.72. The molecule has 0 fully saturated rings. The van der Waals surface area contributed by atoms with Crippen LogP contribution in [0.1, 0.15) is 5.56 Å². The first-order valence-corrected chi connectivity index (χ1v) is 6.51. The fourth-order valence-electron chi connectivity index (χ4n) is 1.57. The Morgan fingerprint density at radius 2 is 2.00 bits per heavy atom. The van der Waals surface area contributed by atoms with Crippen molar-refractivity contribution < 1.29 is 9.53 Å². The minimum absolute atomic E-state index is 0.0747. The van der Waals surface area contributed by atoms with Crippen LogP contribution < -0.4 is 10.1 Å². The average molecular weight is 321 g/mol. The van der Waals surface area contributed by atoms with Crippen molar-refractivity contribution in [2.75, 3.05) is 12.4 Å². The molecule has 2 aromatic rings. The topological polar surface area (TPSA) is 51.2 Å². The van der Waals surface area contributed by atoms with Crippen LogP contribution in [0, 0.1) is 0 Å². The van der Waals surface area contributed by atoms with Gasteiger partial charge in [-0.1, -0.05) is 28.1 Å². The molecule has 0 unspecified atom stereocenters. The third-order valence-corrected chi connectivity index (χ3v) is 3.04. The van der Waals surface area contributed by atoms with Crippen molar-refractivity contribution in [2.45, 2.75) is 6.42 Å². The molecule has 0 aliphatic rings. The van der Waals surface area contributed by atoms with E-state index in [4.69, 9.17) is 4.74 Å². The molecule has 1 amide bonds. The van der Waals surface area contributed by atoms with E-state index in [1.807, 2.05) is 24.3 Å². The highest BCUT2D eigenvalue weighted by molar-refractivity contribution is 9.10. The zero-order valence-corrected chi connectivity index (χ0v) is 12.0. The van der Waals surface area contributed by atoms with Gasteiger partial charge in [-0.2, -0.15) is 0 Å². The van der Waals surface area contributed by atoms with Gasteiger partial charge in [-0.25, -0.2) is 4.98 Å². The molecule has 1 heterocycles. The number of aromatic nitrogens is 1. The number of halogens is 1. The van der Waals surface area contributed by atoms with Crippen LogP contribution in [0.5, 0.6) is 5.88 Å². The number of hydrogen-bond donors (Lipinski definition) is 1. The lowest BCUT2D eigenvalue weighted by Gasteiger charge is -2.06. The highest BCUT2D eigenvalue weighted by Crippen LogP contribution is 2.13. The van der Waals surface area contributed by atoms with Gasteiger partial charge in [0.05, 0.1) is 25.4 Å². The predicted molar refractivity (Wildman–Crippen MR) is 77.3 cm³/mol. The number of benzene rings is 1. The minimum Gasteiger partial charge on any atom is -0.481 e. The Morgan fingerprint density at radius 3 is 2.58 bits per heavy atom. The molecule has 0 bridgehead atoms. The van der Waals surface area contributed by atoms with E-state index in [-0.39, 0.29) is 5.91 Å². The largest absolute Gasteiger partial charge is 0.481 e. The summed E-state index contributed by atoms with van der Waals surface area (Å²) < 4.78 is 5.95. The Balaban J connectivity index is 1.95. The van der Waals surface area contributed by atoms with Crippen LogP contribution in [-0.4, -0.2) is 18.0 Å². The smallest absolute Gasteiger partial charge is 0.228 e. The van der Waals surface area contributed by atoms with Gasteiger partial charge in [-0.15, -0.1) is 0 Å². The maximum atomic E-state index is 11.8. The van der Waals surface area contributed by atoms with Gasteiger partial charge in [0.25, 0.3) is 0 Å². The lowest BCUT2D eigenvalue weighted by atomic mass is 10.1. The molecule has 0 spiro atoms. The van der Waals surface area contributed by atoms with Crippen LogP contribution in [0.2, 0.25) is 0 Å². The molecule has 0 atom stereocenters.